The van der Waals surface area contributed by atoms with E-state index in [0.717, 1.165) is 17.7 Å². The molecule has 0 radical (unpaired) electrons. The summed E-state index contributed by atoms with van der Waals surface area (Å²) in [7, 11) is 0. The number of benzene rings is 1. The van der Waals surface area contributed by atoms with Gasteiger partial charge in [-0.2, -0.15) is 17.0 Å². The van der Waals surface area contributed by atoms with Gasteiger partial charge in [0.05, 0.1) is 11.8 Å². The number of nitrogens with one attached hydrogen (secondary N) is 1. The molecular formula is C13H16N2OS. The van der Waals surface area contributed by atoms with E-state index in [1.165, 1.54) is 11.8 Å². The van der Waals surface area contributed by atoms with E-state index in [0.29, 0.717) is 17.9 Å². The highest BCUT2D eigenvalue weighted by Gasteiger charge is 2.05. The standard InChI is InChI=1S/C13H16N2OS/c1-2-11-6-3-4-7-12(11)15-13(16)10-17-9-5-8-14/h3-4,6-7H,2,5,9-10H2,1H3,(H,15,16). The van der Waals surface area contributed by atoms with Gasteiger partial charge >= 0.3 is 0 Å². The van der Waals surface area contributed by atoms with Gasteiger partial charge in [-0.3, -0.25) is 4.79 Å². The van der Waals surface area contributed by atoms with Gasteiger partial charge in [-0.15, -0.1) is 0 Å². The molecule has 1 aromatic rings. The molecule has 0 fully saturated rings. The van der Waals surface area contributed by atoms with E-state index in [1.807, 2.05) is 24.3 Å². The number of hydrogen-bond donors (Lipinski definition) is 1. The second-order valence-electron chi connectivity index (χ2n) is 3.52. The molecule has 1 amide bonds. The minimum atomic E-state index is -0.00570. The maximum Gasteiger partial charge on any atom is 0.234 e. The molecule has 0 saturated heterocycles. The molecular weight excluding hydrogens is 232 g/mol. The molecule has 0 aliphatic rings. The number of nitrogens with zero attached hydrogens (tertiary/aromatic N) is 1. The van der Waals surface area contributed by atoms with Crippen LogP contribution in [0.4, 0.5) is 5.69 Å². The first kappa shape index (κ1) is 13.6. The summed E-state index contributed by atoms with van der Waals surface area (Å²) in [5.74, 6) is 1.10. The topological polar surface area (TPSA) is 52.9 Å². The summed E-state index contributed by atoms with van der Waals surface area (Å²) >= 11 is 1.48. The Bertz CT molecular complexity index is 412. The van der Waals surface area contributed by atoms with Crippen molar-refractivity contribution in [1.82, 2.24) is 0 Å². The highest BCUT2D eigenvalue weighted by molar-refractivity contribution is 7.99. The number of amides is 1. The van der Waals surface area contributed by atoms with Crippen LogP contribution in [0.1, 0.15) is 18.9 Å². The molecule has 17 heavy (non-hydrogen) atoms. The summed E-state index contributed by atoms with van der Waals surface area (Å²) in [5.41, 5.74) is 2.03. The van der Waals surface area contributed by atoms with Gasteiger partial charge in [-0.1, -0.05) is 25.1 Å². The highest BCUT2D eigenvalue weighted by atomic mass is 32.2. The Morgan fingerprint density at radius 1 is 1.47 bits per heavy atom. The SMILES string of the molecule is CCc1ccccc1NC(=O)CSCCC#N. The second-order valence-corrected chi connectivity index (χ2v) is 4.62. The van der Waals surface area contributed by atoms with Crippen molar-refractivity contribution in [2.45, 2.75) is 19.8 Å². The molecule has 0 spiro atoms. The van der Waals surface area contributed by atoms with Crippen molar-refractivity contribution < 1.29 is 4.79 Å². The van der Waals surface area contributed by atoms with Crippen molar-refractivity contribution in [2.75, 3.05) is 16.8 Å². The molecule has 0 aliphatic carbocycles. The van der Waals surface area contributed by atoms with Gasteiger partial charge in [-0.25, -0.2) is 0 Å². The zero-order valence-electron chi connectivity index (χ0n) is 9.90. The predicted octanol–water partition coefficient (Wildman–Crippen LogP) is 2.83. The molecule has 0 bridgehead atoms. The molecule has 1 N–H and O–H groups in total. The fourth-order valence-electron chi connectivity index (χ4n) is 1.42. The number of carbonyl (C=O) groups is 1. The molecule has 0 heterocycles. The van der Waals surface area contributed by atoms with E-state index in [1.54, 1.807) is 0 Å². The molecule has 0 saturated carbocycles. The molecule has 90 valence electrons. The molecule has 0 unspecified atom stereocenters. The molecule has 0 atom stereocenters. The highest BCUT2D eigenvalue weighted by Crippen LogP contribution is 2.15. The summed E-state index contributed by atoms with van der Waals surface area (Å²) in [6.45, 7) is 2.06. The van der Waals surface area contributed by atoms with Crippen LogP contribution in [0, 0.1) is 11.3 Å². The van der Waals surface area contributed by atoms with E-state index in [4.69, 9.17) is 5.26 Å². The van der Waals surface area contributed by atoms with Crippen molar-refractivity contribution in [1.29, 1.82) is 5.26 Å². The van der Waals surface area contributed by atoms with Gasteiger partial charge in [0.25, 0.3) is 0 Å². The fourth-order valence-corrected chi connectivity index (χ4v) is 2.06. The van der Waals surface area contributed by atoms with Crippen LogP contribution in [-0.4, -0.2) is 17.4 Å². The van der Waals surface area contributed by atoms with E-state index in [2.05, 4.69) is 18.3 Å². The Kier molecular flexibility index (Phi) is 6.19. The predicted molar refractivity (Wildman–Crippen MR) is 72.0 cm³/mol. The Morgan fingerprint density at radius 3 is 2.94 bits per heavy atom. The van der Waals surface area contributed by atoms with Crippen LogP contribution in [-0.2, 0) is 11.2 Å². The van der Waals surface area contributed by atoms with Crippen molar-refractivity contribution in [3.63, 3.8) is 0 Å². The van der Waals surface area contributed by atoms with Crippen LogP contribution in [0.25, 0.3) is 0 Å². The first-order chi connectivity index (χ1) is 8.27. The third kappa shape index (κ3) is 4.92. The fraction of sp³-hybridized carbons (Fsp3) is 0.385. The number of anilines is 1. The number of aryl methyl sites for hydroxylation is 1. The number of para-hydroxylation sites is 1. The quantitative estimate of drug-likeness (QED) is 0.788. The lowest BCUT2D eigenvalue weighted by atomic mass is 10.1. The van der Waals surface area contributed by atoms with Crippen molar-refractivity contribution >= 4 is 23.4 Å². The summed E-state index contributed by atoms with van der Waals surface area (Å²) in [4.78, 5) is 11.6. The van der Waals surface area contributed by atoms with E-state index < -0.39 is 0 Å². The normalized spacial score (nSPS) is 9.65. The largest absolute Gasteiger partial charge is 0.325 e. The lowest BCUT2D eigenvalue weighted by Crippen LogP contribution is -2.15. The number of nitriles is 1. The smallest absolute Gasteiger partial charge is 0.234 e. The summed E-state index contributed by atoms with van der Waals surface area (Å²) in [5, 5.41) is 11.3. The van der Waals surface area contributed by atoms with Gasteiger partial charge in [-0.05, 0) is 18.1 Å². The van der Waals surface area contributed by atoms with Crippen molar-refractivity contribution in [3.8, 4) is 6.07 Å². The summed E-state index contributed by atoms with van der Waals surface area (Å²) < 4.78 is 0. The Balaban J connectivity index is 2.42. The third-order valence-corrected chi connectivity index (χ3v) is 3.22. The van der Waals surface area contributed by atoms with Crippen LogP contribution in [0.3, 0.4) is 0 Å². The van der Waals surface area contributed by atoms with Crippen LogP contribution < -0.4 is 5.32 Å². The summed E-state index contributed by atoms with van der Waals surface area (Å²) in [6, 6.07) is 9.87. The molecule has 1 rings (SSSR count). The number of rotatable bonds is 6. The van der Waals surface area contributed by atoms with E-state index in [9.17, 15) is 4.79 Å². The summed E-state index contributed by atoms with van der Waals surface area (Å²) in [6.07, 6.45) is 1.39. The van der Waals surface area contributed by atoms with Crippen LogP contribution in [0.5, 0.6) is 0 Å². The van der Waals surface area contributed by atoms with Crippen molar-refractivity contribution in [2.24, 2.45) is 0 Å². The van der Waals surface area contributed by atoms with Gasteiger partial charge in [0, 0.05) is 17.9 Å². The third-order valence-electron chi connectivity index (χ3n) is 2.26. The van der Waals surface area contributed by atoms with Crippen LogP contribution in [0.15, 0.2) is 24.3 Å². The van der Waals surface area contributed by atoms with Gasteiger partial charge < -0.3 is 5.32 Å². The second kappa shape index (κ2) is 7.75. The minimum Gasteiger partial charge on any atom is -0.325 e. The van der Waals surface area contributed by atoms with Gasteiger partial charge in [0.1, 0.15) is 0 Å². The lowest BCUT2D eigenvalue weighted by molar-refractivity contribution is -0.113. The molecule has 0 aromatic heterocycles. The first-order valence-electron chi connectivity index (χ1n) is 5.60. The molecule has 1 aromatic carbocycles. The molecule has 3 nitrogen and oxygen atoms in total. The average molecular weight is 248 g/mol. The lowest BCUT2D eigenvalue weighted by Gasteiger charge is -2.09. The van der Waals surface area contributed by atoms with Crippen LogP contribution in [0.2, 0.25) is 0 Å². The average Bonchev–Trinajstić information content (AvgIpc) is 2.35. The Labute approximate surface area is 106 Å². The first-order valence-corrected chi connectivity index (χ1v) is 6.75. The van der Waals surface area contributed by atoms with Crippen molar-refractivity contribution in [3.05, 3.63) is 29.8 Å². The zero-order valence-corrected chi connectivity index (χ0v) is 10.7. The zero-order chi connectivity index (χ0) is 12.5. The van der Waals surface area contributed by atoms with Gasteiger partial charge in [0.15, 0.2) is 0 Å². The Morgan fingerprint density at radius 2 is 2.24 bits per heavy atom. The maximum absolute atomic E-state index is 11.6. The van der Waals surface area contributed by atoms with E-state index >= 15 is 0 Å². The maximum atomic E-state index is 11.6. The number of thioether (sulfide) groups is 1. The monoisotopic (exact) mass is 248 g/mol. The van der Waals surface area contributed by atoms with E-state index in [-0.39, 0.29) is 5.91 Å². The van der Waals surface area contributed by atoms with Crippen LogP contribution >= 0.6 is 11.8 Å². The Hall–Kier alpha value is -1.47. The molecule has 4 heteroatoms. The molecule has 0 aliphatic heterocycles. The number of hydrogen-bond acceptors (Lipinski definition) is 3. The minimum absolute atomic E-state index is 0.00570. The van der Waals surface area contributed by atoms with Gasteiger partial charge in [0.2, 0.25) is 5.91 Å². The number of carbonyl (C=O) groups excluding carboxylic acids is 1.